The Hall–Kier alpha value is -2.62. The van der Waals surface area contributed by atoms with Gasteiger partial charge in [-0.15, -0.1) is 0 Å². The van der Waals surface area contributed by atoms with Gasteiger partial charge in [-0.1, -0.05) is 36.2 Å². The second-order valence-corrected chi connectivity index (χ2v) is 6.78. The molecule has 1 heterocycles. The molecule has 0 saturated heterocycles. The molecule has 3 rings (SSSR count). The van der Waals surface area contributed by atoms with Crippen LogP contribution < -0.4 is 4.74 Å². The van der Waals surface area contributed by atoms with Crippen molar-refractivity contribution in [2.45, 2.75) is 26.4 Å². The summed E-state index contributed by atoms with van der Waals surface area (Å²) in [4.78, 5) is 4.43. The van der Waals surface area contributed by atoms with Crippen LogP contribution in [0.5, 0.6) is 11.5 Å². The van der Waals surface area contributed by atoms with Crippen LogP contribution in [0, 0.1) is 11.3 Å². The zero-order valence-electron chi connectivity index (χ0n) is 14.6. The molecule has 2 aromatic carbocycles. The predicted octanol–water partition coefficient (Wildman–Crippen LogP) is 6.31. The highest BCUT2D eigenvalue weighted by molar-refractivity contribution is 6.35. The highest BCUT2D eigenvalue weighted by Crippen LogP contribution is 2.42. The van der Waals surface area contributed by atoms with Gasteiger partial charge in [0.15, 0.2) is 5.75 Å². The topological polar surface area (TPSA) is 65.8 Å². The zero-order valence-corrected chi connectivity index (χ0v) is 16.1. The maximum Gasteiger partial charge on any atom is 0.387 e. The summed E-state index contributed by atoms with van der Waals surface area (Å²) < 4.78 is 31.1. The van der Waals surface area contributed by atoms with Crippen molar-refractivity contribution in [1.82, 2.24) is 4.98 Å². The summed E-state index contributed by atoms with van der Waals surface area (Å²) in [5.41, 5.74) is 1.89. The van der Waals surface area contributed by atoms with Crippen molar-refractivity contribution >= 4 is 34.1 Å². The Morgan fingerprint density at radius 2 is 1.96 bits per heavy atom. The molecule has 0 aliphatic heterocycles. The van der Waals surface area contributed by atoms with Gasteiger partial charge in [-0.3, -0.25) is 10.1 Å². The highest BCUT2D eigenvalue weighted by atomic mass is 35.5. The standard InChI is InChI=1S/C20H13Cl2F2N2O2/c1-2-15-12(8-11-4-3-10(9-25)7-14(11)22)19(28-20(23)24)17-16(27)6-5-13(21)18(17)26-15/h3-7,20H,2,8H2,1H3. The number of pyridine rings is 1. The van der Waals surface area contributed by atoms with Gasteiger partial charge < -0.3 is 4.74 Å². The third-order valence-electron chi connectivity index (χ3n) is 4.28. The summed E-state index contributed by atoms with van der Waals surface area (Å²) in [5.74, 6) is -0.762. The molecule has 0 amide bonds. The second-order valence-electron chi connectivity index (χ2n) is 5.96. The fourth-order valence-electron chi connectivity index (χ4n) is 3.00. The smallest absolute Gasteiger partial charge is 0.387 e. The summed E-state index contributed by atoms with van der Waals surface area (Å²) in [6.45, 7) is -1.33. The first-order valence-electron chi connectivity index (χ1n) is 8.30. The lowest BCUT2D eigenvalue weighted by Crippen LogP contribution is -2.09. The number of nitriles is 1. The monoisotopic (exact) mass is 421 g/mol. The van der Waals surface area contributed by atoms with Gasteiger partial charge in [-0.25, -0.2) is 0 Å². The maximum absolute atomic E-state index is 13.2. The van der Waals surface area contributed by atoms with Crippen molar-refractivity contribution in [3.05, 3.63) is 62.8 Å². The number of halogens is 4. The van der Waals surface area contributed by atoms with E-state index < -0.39 is 12.4 Å². The number of hydrogen-bond acceptors (Lipinski definition) is 3. The molecule has 0 spiro atoms. The molecule has 8 heteroatoms. The minimum Gasteiger partial charge on any atom is -0.434 e. The molecule has 0 fully saturated rings. The van der Waals surface area contributed by atoms with Crippen molar-refractivity contribution < 1.29 is 18.6 Å². The Balaban J connectivity index is 2.28. The lowest BCUT2D eigenvalue weighted by molar-refractivity contribution is -0.0494. The molecular weight excluding hydrogens is 409 g/mol. The Morgan fingerprint density at radius 1 is 1.21 bits per heavy atom. The van der Waals surface area contributed by atoms with Crippen LogP contribution in [-0.4, -0.2) is 11.6 Å². The van der Waals surface area contributed by atoms with Crippen molar-refractivity contribution in [3.8, 4) is 17.6 Å². The van der Waals surface area contributed by atoms with Gasteiger partial charge in [0.1, 0.15) is 5.75 Å². The number of rotatable bonds is 5. The van der Waals surface area contributed by atoms with Gasteiger partial charge in [0.2, 0.25) is 0 Å². The van der Waals surface area contributed by atoms with Crippen LogP contribution in [0.4, 0.5) is 8.78 Å². The summed E-state index contributed by atoms with van der Waals surface area (Å²) in [6.07, 6.45) is 0.503. The number of hydrogen-bond donors (Lipinski definition) is 0. The number of aryl methyl sites for hydroxylation is 1. The number of aromatic nitrogens is 1. The average Bonchev–Trinajstić information content (AvgIpc) is 2.66. The number of fused-ring (bicyclic) bond motifs is 1. The third-order valence-corrected chi connectivity index (χ3v) is 4.93. The molecular formula is C20H13Cl2F2N2O2. The highest BCUT2D eigenvalue weighted by Gasteiger charge is 2.23. The molecule has 143 valence electrons. The molecule has 1 aromatic heterocycles. The molecule has 1 radical (unpaired) electrons. The van der Waals surface area contributed by atoms with Crippen molar-refractivity contribution in [2.75, 3.05) is 0 Å². The fourth-order valence-corrected chi connectivity index (χ4v) is 3.45. The summed E-state index contributed by atoms with van der Waals surface area (Å²) in [6, 6.07) is 9.24. The van der Waals surface area contributed by atoms with Crippen molar-refractivity contribution in [2.24, 2.45) is 0 Å². The Morgan fingerprint density at radius 3 is 2.57 bits per heavy atom. The minimum atomic E-state index is -3.14. The summed E-state index contributed by atoms with van der Waals surface area (Å²) in [5, 5.41) is 21.8. The molecule has 0 unspecified atom stereocenters. The zero-order chi connectivity index (χ0) is 20.4. The van der Waals surface area contributed by atoms with Gasteiger partial charge in [-0.2, -0.15) is 14.0 Å². The fraction of sp³-hybridized carbons (Fsp3) is 0.200. The largest absolute Gasteiger partial charge is 0.434 e. The van der Waals surface area contributed by atoms with E-state index in [1.165, 1.54) is 18.2 Å². The lowest BCUT2D eigenvalue weighted by atomic mass is 9.97. The minimum absolute atomic E-state index is 0.0928. The molecule has 0 atom stereocenters. The molecule has 0 aliphatic rings. The van der Waals surface area contributed by atoms with E-state index in [-0.39, 0.29) is 28.1 Å². The van der Waals surface area contributed by atoms with Gasteiger partial charge in [0.25, 0.3) is 0 Å². The number of alkyl halides is 2. The molecule has 3 aromatic rings. The van der Waals surface area contributed by atoms with Crippen LogP contribution >= 0.6 is 23.2 Å². The maximum atomic E-state index is 13.2. The quantitative estimate of drug-likeness (QED) is 0.484. The van der Waals surface area contributed by atoms with E-state index in [1.807, 2.05) is 6.07 Å². The lowest BCUT2D eigenvalue weighted by Gasteiger charge is -2.18. The van der Waals surface area contributed by atoms with Crippen LogP contribution in [0.15, 0.2) is 30.3 Å². The Kier molecular flexibility index (Phi) is 5.87. The Labute approximate surface area is 169 Å². The van der Waals surface area contributed by atoms with Crippen LogP contribution in [-0.2, 0) is 17.9 Å². The predicted molar refractivity (Wildman–Crippen MR) is 102 cm³/mol. The van der Waals surface area contributed by atoms with Gasteiger partial charge in [0.05, 0.1) is 27.6 Å². The van der Waals surface area contributed by atoms with E-state index in [0.29, 0.717) is 33.8 Å². The number of nitrogens with zero attached hydrogens (tertiary/aromatic N) is 2. The molecule has 4 nitrogen and oxygen atoms in total. The van der Waals surface area contributed by atoms with Crippen LogP contribution in [0.2, 0.25) is 10.0 Å². The van der Waals surface area contributed by atoms with Crippen LogP contribution in [0.1, 0.15) is 29.3 Å². The SMILES string of the molecule is CCc1nc2c(Cl)ccc([O])c2c(OC(F)F)c1Cc1ccc(C#N)cc1Cl. The summed E-state index contributed by atoms with van der Waals surface area (Å²) in [7, 11) is 0. The van der Waals surface area contributed by atoms with Gasteiger partial charge in [0, 0.05) is 22.7 Å². The molecule has 0 aliphatic carbocycles. The Bertz CT molecular complexity index is 1100. The third kappa shape index (κ3) is 3.82. The summed E-state index contributed by atoms with van der Waals surface area (Å²) >= 11 is 12.4. The molecule has 0 bridgehead atoms. The van der Waals surface area contributed by atoms with Crippen molar-refractivity contribution in [3.63, 3.8) is 0 Å². The second kappa shape index (κ2) is 8.17. The normalized spacial score (nSPS) is 11.0. The van der Waals surface area contributed by atoms with Gasteiger partial charge in [-0.05, 0) is 36.2 Å². The molecule has 28 heavy (non-hydrogen) atoms. The number of benzene rings is 2. The van der Waals surface area contributed by atoms with E-state index >= 15 is 0 Å². The first-order valence-corrected chi connectivity index (χ1v) is 9.05. The average molecular weight is 422 g/mol. The van der Waals surface area contributed by atoms with E-state index in [1.54, 1.807) is 19.1 Å². The van der Waals surface area contributed by atoms with E-state index in [9.17, 15) is 13.9 Å². The van der Waals surface area contributed by atoms with E-state index in [4.69, 9.17) is 33.2 Å². The van der Waals surface area contributed by atoms with E-state index in [0.717, 1.165) is 0 Å². The molecule has 0 N–H and O–H groups in total. The molecule has 0 saturated carbocycles. The van der Waals surface area contributed by atoms with Crippen LogP contribution in [0.25, 0.3) is 10.9 Å². The van der Waals surface area contributed by atoms with E-state index in [2.05, 4.69) is 4.98 Å². The van der Waals surface area contributed by atoms with Crippen molar-refractivity contribution in [1.29, 1.82) is 5.26 Å². The van der Waals surface area contributed by atoms with Crippen LogP contribution in [0.3, 0.4) is 0 Å². The number of ether oxygens (including phenoxy) is 1. The van der Waals surface area contributed by atoms with Gasteiger partial charge >= 0.3 is 6.61 Å². The first-order chi connectivity index (χ1) is 13.3. The first kappa shape index (κ1) is 20.1.